The van der Waals surface area contributed by atoms with Crippen molar-refractivity contribution in [2.75, 3.05) is 24.9 Å². The van der Waals surface area contributed by atoms with Gasteiger partial charge in [-0.25, -0.2) is 8.42 Å². The Balaban J connectivity index is 0.00000480. The number of nitrogens with one attached hydrogen (secondary N) is 2. The second-order valence-electron chi connectivity index (χ2n) is 9.46. The molecule has 46 heavy (non-hydrogen) atoms. The number of rotatable bonds is 8. The standard InChI is InChI=1S/C28H22N2O12S3.Na/c1-41-25-19(5-3-7-21(25)44(35,36)37)27(31)29-15-9-11-17-18-12-10-16(14-24(18)43(33,34)23(17)13-15)30-28(32)20-6-4-8-22(26(20)42-2)45(38,39)40;/h3-14H,1-2H3,(H,29,31)(H,30,32)(H,35,36,37)(H,38,39,40);. The average Bonchev–Trinajstić information content (AvgIpc) is 3.20. The maximum Gasteiger partial charge on any atom is 0.298 e. The molecule has 0 spiro atoms. The molecule has 5 rings (SSSR count). The van der Waals surface area contributed by atoms with E-state index in [0.29, 0.717) is 11.1 Å². The van der Waals surface area contributed by atoms with Crippen molar-refractivity contribution in [1.29, 1.82) is 0 Å². The first-order valence-electron chi connectivity index (χ1n) is 12.5. The molecule has 1 aliphatic heterocycles. The normalized spacial score (nSPS) is 13.0. The molecule has 0 aromatic heterocycles. The molecule has 0 unspecified atom stereocenters. The van der Waals surface area contributed by atoms with E-state index in [1.165, 1.54) is 60.7 Å². The van der Waals surface area contributed by atoms with E-state index < -0.39 is 63.2 Å². The van der Waals surface area contributed by atoms with E-state index in [0.717, 1.165) is 26.4 Å². The average molecular weight is 698 g/mol. The monoisotopic (exact) mass is 697 g/mol. The van der Waals surface area contributed by atoms with Crippen LogP contribution in [0.4, 0.5) is 11.4 Å². The molecule has 4 aromatic rings. The van der Waals surface area contributed by atoms with Crippen molar-refractivity contribution >= 4 is 82.8 Å². The van der Waals surface area contributed by atoms with Gasteiger partial charge in [-0.3, -0.25) is 18.7 Å². The van der Waals surface area contributed by atoms with Gasteiger partial charge in [-0.05, 0) is 48.5 Å². The minimum absolute atomic E-state index is 0. The third-order valence-electron chi connectivity index (χ3n) is 6.76. The number of methoxy groups -OCH3 is 2. The Morgan fingerprint density at radius 1 is 0.652 bits per heavy atom. The second-order valence-corrected chi connectivity index (χ2v) is 14.1. The van der Waals surface area contributed by atoms with Crippen LogP contribution in [-0.2, 0) is 30.1 Å². The molecule has 0 atom stereocenters. The van der Waals surface area contributed by atoms with Gasteiger partial charge in [0.2, 0.25) is 9.84 Å². The van der Waals surface area contributed by atoms with E-state index >= 15 is 0 Å². The first kappa shape index (κ1) is 35.1. The number of carbonyl (C=O) groups is 2. The molecule has 0 saturated heterocycles. The number of ether oxygens (including phenoxy) is 2. The molecule has 18 heteroatoms. The molecule has 14 nitrogen and oxygen atoms in total. The number of amides is 2. The van der Waals surface area contributed by atoms with E-state index in [4.69, 9.17) is 9.47 Å². The van der Waals surface area contributed by atoms with Gasteiger partial charge in [0.05, 0.1) is 35.1 Å². The van der Waals surface area contributed by atoms with Gasteiger partial charge in [0.15, 0.2) is 11.5 Å². The Morgan fingerprint density at radius 3 is 1.35 bits per heavy atom. The van der Waals surface area contributed by atoms with Crippen molar-refractivity contribution in [2.45, 2.75) is 19.6 Å². The van der Waals surface area contributed by atoms with Crippen molar-refractivity contribution in [3.63, 3.8) is 0 Å². The van der Waals surface area contributed by atoms with Crippen molar-refractivity contribution in [2.24, 2.45) is 0 Å². The Morgan fingerprint density at radius 2 is 1.02 bits per heavy atom. The van der Waals surface area contributed by atoms with Crippen LogP contribution >= 0.6 is 0 Å². The number of fused-ring (bicyclic) bond motifs is 3. The van der Waals surface area contributed by atoms with E-state index in [2.05, 4.69) is 10.6 Å². The summed E-state index contributed by atoms with van der Waals surface area (Å²) in [5.74, 6) is -2.50. The molecule has 0 saturated carbocycles. The molecular formula is C28H22N2NaO12S3. The van der Waals surface area contributed by atoms with Gasteiger partial charge in [0, 0.05) is 52.1 Å². The number of para-hydroxylation sites is 2. The molecular weight excluding hydrogens is 676 g/mol. The first-order chi connectivity index (χ1) is 21.1. The van der Waals surface area contributed by atoms with E-state index in [1.807, 2.05) is 0 Å². The van der Waals surface area contributed by atoms with Crippen molar-refractivity contribution in [3.8, 4) is 22.6 Å². The fourth-order valence-corrected chi connectivity index (χ4v) is 7.91. The maximum absolute atomic E-state index is 13.5. The predicted octanol–water partition coefficient (Wildman–Crippen LogP) is 3.13. The van der Waals surface area contributed by atoms with E-state index in [9.17, 15) is 43.9 Å². The SMILES string of the molecule is COc1c(C(=O)Nc2ccc3c(c2)S(=O)(=O)c2cc(NC(=O)c4cccc(S(=O)(=O)O)c4OC)ccc2-3)cccc1S(=O)(=O)O.[Na]. The molecule has 1 heterocycles. The Labute approximate surface area is 285 Å². The smallest absolute Gasteiger partial charge is 0.298 e. The number of anilines is 2. The summed E-state index contributed by atoms with van der Waals surface area (Å²) in [7, 11) is -11.4. The maximum atomic E-state index is 13.5. The van der Waals surface area contributed by atoms with Crippen LogP contribution in [0.2, 0.25) is 0 Å². The molecule has 2 amide bonds. The van der Waals surface area contributed by atoms with Crippen molar-refractivity contribution in [1.82, 2.24) is 0 Å². The summed E-state index contributed by atoms with van der Waals surface area (Å²) >= 11 is 0. The largest absolute Gasteiger partial charge is 0.494 e. The van der Waals surface area contributed by atoms with Crippen LogP contribution in [0.1, 0.15) is 20.7 Å². The van der Waals surface area contributed by atoms with Crippen LogP contribution < -0.4 is 20.1 Å². The Hall–Kier alpha value is -3.81. The van der Waals surface area contributed by atoms with Gasteiger partial charge >= 0.3 is 0 Å². The van der Waals surface area contributed by atoms with E-state index in [1.54, 1.807) is 0 Å². The third kappa shape index (κ3) is 6.40. The summed E-state index contributed by atoms with van der Waals surface area (Å²) in [6.07, 6.45) is 0. The number of sulfone groups is 1. The quantitative estimate of drug-likeness (QED) is 0.136. The summed E-state index contributed by atoms with van der Waals surface area (Å²) < 4.78 is 103. The van der Waals surface area contributed by atoms with Crippen LogP contribution in [0, 0.1) is 0 Å². The number of benzene rings is 4. The summed E-state index contributed by atoms with van der Waals surface area (Å²) in [5.41, 5.74) is 0.253. The Kier molecular flexibility index (Phi) is 9.73. The minimum Gasteiger partial charge on any atom is -0.494 e. The van der Waals surface area contributed by atoms with Crippen molar-refractivity contribution in [3.05, 3.63) is 83.9 Å². The van der Waals surface area contributed by atoms with Crippen LogP contribution in [0.5, 0.6) is 11.5 Å². The van der Waals surface area contributed by atoms with Crippen LogP contribution in [-0.4, -0.2) is 90.0 Å². The summed E-state index contributed by atoms with van der Waals surface area (Å²) in [6.45, 7) is 0. The summed E-state index contributed by atoms with van der Waals surface area (Å²) in [5, 5.41) is 5.00. The van der Waals surface area contributed by atoms with E-state index in [-0.39, 0.29) is 61.8 Å². The zero-order valence-corrected chi connectivity index (χ0v) is 28.6. The number of carbonyl (C=O) groups excluding carboxylic acids is 2. The zero-order valence-electron chi connectivity index (χ0n) is 24.1. The first-order valence-corrected chi connectivity index (χ1v) is 16.9. The molecule has 0 aliphatic carbocycles. The number of hydrogen-bond donors (Lipinski definition) is 4. The summed E-state index contributed by atoms with van der Waals surface area (Å²) in [4.78, 5) is 24.5. The number of hydrogen-bond acceptors (Lipinski definition) is 10. The van der Waals surface area contributed by atoms with Gasteiger partial charge in [-0.2, -0.15) is 16.8 Å². The Bertz CT molecular complexity index is 2100. The predicted molar refractivity (Wildman–Crippen MR) is 165 cm³/mol. The van der Waals surface area contributed by atoms with Crippen LogP contribution in [0.15, 0.2) is 92.4 Å². The molecule has 0 bridgehead atoms. The fraction of sp³-hybridized carbons (Fsp3) is 0.0714. The minimum atomic E-state index is -4.72. The molecule has 4 N–H and O–H groups in total. The molecule has 0 fully saturated rings. The topological polar surface area (TPSA) is 220 Å². The van der Waals surface area contributed by atoms with Crippen LogP contribution in [0.25, 0.3) is 11.1 Å². The second kappa shape index (κ2) is 12.8. The van der Waals surface area contributed by atoms with Gasteiger partial charge in [-0.15, -0.1) is 0 Å². The zero-order chi connectivity index (χ0) is 32.9. The summed E-state index contributed by atoms with van der Waals surface area (Å²) in [6, 6.07) is 15.3. The fourth-order valence-electron chi connectivity index (χ4n) is 4.82. The van der Waals surface area contributed by atoms with Crippen LogP contribution in [0.3, 0.4) is 0 Å². The van der Waals surface area contributed by atoms with Gasteiger partial charge in [0.25, 0.3) is 32.1 Å². The molecule has 235 valence electrons. The molecule has 1 radical (unpaired) electrons. The molecule has 1 aliphatic rings. The van der Waals surface area contributed by atoms with Gasteiger partial charge in [0.1, 0.15) is 9.79 Å². The van der Waals surface area contributed by atoms with Gasteiger partial charge in [-0.1, -0.05) is 24.3 Å². The van der Waals surface area contributed by atoms with Gasteiger partial charge < -0.3 is 20.1 Å². The third-order valence-corrected chi connectivity index (χ3v) is 10.3. The molecule has 4 aromatic carbocycles. The van der Waals surface area contributed by atoms with Crippen molar-refractivity contribution < 1.29 is 53.4 Å².